The van der Waals surface area contributed by atoms with Crippen molar-refractivity contribution >= 4 is 5.97 Å². The summed E-state index contributed by atoms with van der Waals surface area (Å²) in [5.74, 6) is -0.794. The Balaban J connectivity index is 1.27. The fourth-order valence-electron chi connectivity index (χ4n) is 9.56. The highest BCUT2D eigenvalue weighted by Gasteiger charge is 2.56. The van der Waals surface area contributed by atoms with E-state index in [1.165, 1.54) is 20.8 Å². The molecule has 24 heteroatoms. The van der Waals surface area contributed by atoms with Gasteiger partial charge in [0.15, 0.2) is 31.5 Å². The number of aliphatic hydroxyl groups is 12. The number of carboxylic acids is 1. The van der Waals surface area contributed by atoms with E-state index in [-0.39, 0.29) is 12.5 Å². The molecule has 0 saturated carbocycles. The van der Waals surface area contributed by atoms with Crippen LogP contribution in [0.4, 0.5) is 0 Å². The van der Waals surface area contributed by atoms with Crippen LogP contribution in [-0.4, -0.2) is 239 Å². The zero-order valence-electron chi connectivity index (χ0n) is 40.7. The van der Waals surface area contributed by atoms with E-state index in [2.05, 4.69) is 6.92 Å². The lowest BCUT2D eigenvalue weighted by molar-refractivity contribution is -0.400. The third-order valence-electron chi connectivity index (χ3n) is 14.0. The smallest absolute Gasteiger partial charge is 0.303 e. The zero-order chi connectivity index (χ0) is 51.6. The molecule has 0 radical (unpaired) electrons. The van der Waals surface area contributed by atoms with Crippen molar-refractivity contribution in [3.63, 3.8) is 0 Å². The molecule has 5 fully saturated rings. The van der Waals surface area contributed by atoms with Crippen LogP contribution in [0.2, 0.25) is 0 Å². The van der Waals surface area contributed by atoms with Gasteiger partial charge in [-0.2, -0.15) is 0 Å². The van der Waals surface area contributed by atoms with Gasteiger partial charge in [0.1, 0.15) is 97.7 Å². The average Bonchev–Trinajstić information content (AvgIpc) is 3.32. The number of aliphatic carboxylic acids is 1. The number of carbonyl (C=O) groups is 1. The van der Waals surface area contributed by atoms with Crippen LogP contribution in [0, 0.1) is 0 Å². The van der Waals surface area contributed by atoms with E-state index in [1.807, 2.05) is 0 Å². The summed E-state index contributed by atoms with van der Waals surface area (Å²) < 4.78 is 60.0. The van der Waals surface area contributed by atoms with Crippen LogP contribution in [0.25, 0.3) is 0 Å². The van der Waals surface area contributed by atoms with E-state index in [1.54, 1.807) is 6.92 Å². The van der Waals surface area contributed by atoms with E-state index >= 15 is 0 Å². The summed E-state index contributed by atoms with van der Waals surface area (Å²) in [7, 11) is 0. The molecule has 24 nitrogen and oxygen atoms in total. The topological polar surface area (TPSA) is 372 Å². The molecule has 0 aromatic carbocycles. The Morgan fingerprint density at radius 2 is 0.843 bits per heavy atom. The van der Waals surface area contributed by atoms with Crippen molar-refractivity contribution in [2.24, 2.45) is 0 Å². The van der Waals surface area contributed by atoms with Gasteiger partial charge in [-0.1, -0.05) is 64.7 Å². The molecule has 26 atom stereocenters. The molecule has 410 valence electrons. The molecule has 0 aliphatic carbocycles. The van der Waals surface area contributed by atoms with Crippen LogP contribution in [-0.2, 0) is 52.2 Å². The summed E-state index contributed by atoms with van der Waals surface area (Å²) in [6, 6.07) is 0. The van der Waals surface area contributed by atoms with Crippen LogP contribution in [0.3, 0.4) is 0 Å². The van der Waals surface area contributed by atoms with Crippen LogP contribution in [0.15, 0.2) is 0 Å². The standard InChI is InChI=1S/C46H82O24/c1-6-7-13-16-24(17-14-11-9-8-10-12-15-18-26(48)49)65-46-41(32(55)28(51)21(3)62-46)70-43-36(59)33(56)38(22(4)63-43)67-45-37(60)40(69-44-35(58)31(54)29(52)25(19-47)66-44)39(23(5)64-45)68-42-34(57)30(53)27(50)20(2)61-42/h20-25,27-47,50-60H,6-19H2,1-5H3,(H,48,49). The molecule has 0 aromatic rings. The molecule has 0 bridgehead atoms. The molecule has 13 N–H and O–H groups in total. The highest BCUT2D eigenvalue weighted by Crippen LogP contribution is 2.37. The summed E-state index contributed by atoms with van der Waals surface area (Å²) in [5, 5.41) is 139. The van der Waals surface area contributed by atoms with Crippen molar-refractivity contribution in [1.29, 1.82) is 0 Å². The average molecular weight is 1020 g/mol. The highest BCUT2D eigenvalue weighted by atomic mass is 16.8. The van der Waals surface area contributed by atoms with E-state index in [0.29, 0.717) is 19.3 Å². The van der Waals surface area contributed by atoms with Crippen molar-refractivity contribution in [3.8, 4) is 0 Å². The Hall–Kier alpha value is -1.41. The third-order valence-corrected chi connectivity index (χ3v) is 14.0. The van der Waals surface area contributed by atoms with Crippen LogP contribution >= 0.6 is 0 Å². The maximum Gasteiger partial charge on any atom is 0.303 e. The quantitative estimate of drug-likeness (QED) is 0.0430. The van der Waals surface area contributed by atoms with Gasteiger partial charge in [0.2, 0.25) is 0 Å². The Morgan fingerprint density at radius 3 is 1.43 bits per heavy atom. The molecule has 5 aliphatic heterocycles. The molecular formula is C46H82O24. The van der Waals surface area contributed by atoms with Crippen LogP contribution in [0.1, 0.15) is 118 Å². The lowest BCUT2D eigenvalue weighted by Crippen LogP contribution is -2.67. The maximum absolute atomic E-state index is 11.9. The van der Waals surface area contributed by atoms with E-state index in [0.717, 1.165) is 57.8 Å². The van der Waals surface area contributed by atoms with Gasteiger partial charge < -0.3 is 114 Å². The Bertz CT molecular complexity index is 1520. The second-order valence-corrected chi connectivity index (χ2v) is 19.5. The Kier molecular flexibility index (Phi) is 23.7. The molecule has 26 unspecified atom stereocenters. The Labute approximate surface area is 408 Å². The van der Waals surface area contributed by atoms with Crippen molar-refractivity contribution in [3.05, 3.63) is 0 Å². The number of carboxylic acid groups (broad SMARTS) is 1. The van der Waals surface area contributed by atoms with Crippen molar-refractivity contribution < 1.29 is 119 Å². The van der Waals surface area contributed by atoms with Crippen LogP contribution < -0.4 is 0 Å². The second kappa shape index (κ2) is 27.9. The highest BCUT2D eigenvalue weighted by molar-refractivity contribution is 5.66. The molecule has 0 amide bonds. The van der Waals surface area contributed by atoms with E-state index in [9.17, 15) is 66.1 Å². The SMILES string of the molecule is CCCCCC(CCCCCCCCCC(=O)O)OC1OC(C)C(O)C(O)C1OC1OC(C)C(OC2OC(C)C(OC3OC(C)C(O)C(O)C3O)C(OC3OC(CO)C(O)C(O)C3O)C2O)C(O)C1O. The van der Waals surface area contributed by atoms with Crippen molar-refractivity contribution in [2.45, 2.75) is 278 Å². The van der Waals surface area contributed by atoms with Gasteiger partial charge in [-0.05, 0) is 47.0 Å². The number of hydrogen-bond acceptors (Lipinski definition) is 23. The zero-order valence-corrected chi connectivity index (χ0v) is 40.7. The van der Waals surface area contributed by atoms with Gasteiger partial charge in [-0.15, -0.1) is 0 Å². The molecule has 70 heavy (non-hydrogen) atoms. The molecule has 5 aliphatic rings. The number of rotatable bonds is 25. The van der Waals surface area contributed by atoms with Crippen molar-refractivity contribution in [1.82, 2.24) is 0 Å². The normalized spacial score (nSPS) is 45.4. The minimum atomic E-state index is -1.95. The summed E-state index contributed by atoms with van der Waals surface area (Å²) in [6.45, 7) is 7.15. The van der Waals surface area contributed by atoms with E-state index in [4.69, 9.17) is 52.5 Å². The second-order valence-electron chi connectivity index (χ2n) is 19.5. The lowest BCUT2D eigenvalue weighted by Gasteiger charge is -2.50. The largest absolute Gasteiger partial charge is 0.481 e. The minimum absolute atomic E-state index is 0.165. The van der Waals surface area contributed by atoms with E-state index < -0.39 is 166 Å². The van der Waals surface area contributed by atoms with Crippen molar-refractivity contribution in [2.75, 3.05) is 6.61 Å². The van der Waals surface area contributed by atoms with Gasteiger partial charge >= 0.3 is 5.97 Å². The monoisotopic (exact) mass is 1020 g/mol. The first-order chi connectivity index (χ1) is 33.2. The number of unbranched alkanes of at least 4 members (excludes halogenated alkanes) is 8. The van der Waals surface area contributed by atoms with Gasteiger partial charge in [0.25, 0.3) is 0 Å². The molecular weight excluding hydrogens is 936 g/mol. The minimum Gasteiger partial charge on any atom is -0.481 e. The fraction of sp³-hybridized carbons (Fsp3) is 0.978. The lowest BCUT2D eigenvalue weighted by atomic mass is 9.95. The van der Waals surface area contributed by atoms with Crippen LogP contribution in [0.5, 0.6) is 0 Å². The summed E-state index contributed by atoms with van der Waals surface area (Å²) >= 11 is 0. The number of hydrogen-bond donors (Lipinski definition) is 13. The molecule has 5 rings (SSSR count). The Morgan fingerprint density at radius 1 is 0.429 bits per heavy atom. The maximum atomic E-state index is 11.9. The first-order valence-electron chi connectivity index (χ1n) is 25.1. The number of ether oxygens (including phenoxy) is 10. The summed E-state index contributed by atoms with van der Waals surface area (Å²) in [5.41, 5.74) is 0. The molecule has 0 spiro atoms. The predicted molar refractivity (Wildman–Crippen MR) is 237 cm³/mol. The van der Waals surface area contributed by atoms with Gasteiger partial charge in [-0.3, -0.25) is 4.79 Å². The first-order valence-corrected chi connectivity index (χ1v) is 25.1. The number of aliphatic hydroxyl groups excluding tert-OH is 12. The van der Waals surface area contributed by atoms with Gasteiger partial charge in [0.05, 0.1) is 37.1 Å². The summed E-state index contributed by atoms with van der Waals surface area (Å²) in [6.07, 6.45) is -29.0. The summed E-state index contributed by atoms with van der Waals surface area (Å²) in [4.78, 5) is 10.8. The predicted octanol–water partition coefficient (Wildman–Crippen LogP) is -2.25. The molecule has 5 saturated heterocycles. The van der Waals surface area contributed by atoms with Gasteiger partial charge in [0, 0.05) is 6.42 Å². The third kappa shape index (κ3) is 15.1. The first kappa shape index (κ1) is 59.5. The van der Waals surface area contributed by atoms with Gasteiger partial charge in [-0.25, -0.2) is 0 Å². The molecule has 5 heterocycles. The molecule has 0 aromatic heterocycles. The fourth-order valence-corrected chi connectivity index (χ4v) is 9.56.